The first-order valence-corrected chi connectivity index (χ1v) is 10.8. The Morgan fingerprint density at radius 1 is 1.11 bits per heavy atom. The molecule has 2 saturated heterocycles. The number of nitrogens with zero attached hydrogens (tertiary/aromatic N) is 1. The van der Waals surface area contributed by atoms with E-state index in [-0.39, 0.29) is 23.9 Å². The van der Waals surface area contributed by atoms with E-state index >= 15 is 0 Å². The van der Waals surface area contributed by atoms with Crippen molar-refractivity contribution in [1.29, 1.82) is 0 Å². The van der Waals surface area contributed by atoms with Crippen LogP contribution in [0.4, 0.5) is 0 Å². The van der Waals surface area contributed by atoms with Gasteiger partial charge in [-0.25, -0.2) is 5.43 Å². The molecule has 3 N–H and O–H groups in total. The van der Waals surface area contributed by atoms with Gasteiger partial charge in [-0.05, 0) is 36.1 Å². The molecule has 2 atom stereocenters. The molecule has 0 radical (unpaired) electrons. The van der Waals surface area contributed by atoms with Crippen molar-refractivity contribution in [3.63, 3.8) is 0 Å². The molecule has 5 nitrogen and oxygen atoms in total. The van der Waals surface area contributed by atoms with Gasteiger partial charge in [0.1, 0.15) is 0 Å². The molecule has 2 fully saturated rings. The van der Waals surface area contributed by atoms with Crippen LogP contribution < -0.4 is 16.2 Å². The Bertz CT molecular complexity index is 792. The van der Waals surface area contributed by atoms with E-state index in [9.17, 15) is 4.79 Å². The molecule has 0 spiro atoms. The minimum Gasteiger partial charge on any atom is -0.353 e. The molecule has 0 aliphatic carbocycles. The fourth-order valence-corrected chi connectivity index (χ4v) is 4.56. The lowest BCUT2D eigenvalue weighted by molar-refractivity contribution is -0.126. The van der Waals surface area contributed by atoms with Crippen LogP contribution in [-0.4, -0.2) is 36.5 Å². The van der Waals surface area contributed by atoms with E-state index in [4.69, 9.17) is 0 Å². The van der Waals surface area contributed by atoms with E-state index in [0.29, 0.717) is 6.54 Å². The molecule has 148 valence electrons. The summed E-state index contributed by atoms with van der Waals surface area (Å²) in [7, 11) is 0. The second-order valence-electron chi connectivity index (χ2n) is 7.71. The van der Waals surface area contributed by atoms with Gasteiger partial charge in [0, 0.05) is 36.7 Å². The summed E-state index contributed by atoms with van der Waals surface area (Å²) in [6.07, 6.45) is 2.02. The zero-order valence-corrected chi connectivity index (χ0v) is 17.5. The number of benzene rings is 2. The van der Waals surface area contributed by atoms with Crippen molar-refractivity contribution in [3.8, 4) is 0 Å². The maximum Gasteiger partial charge on any atom is 0.226 e. The summed E-state index contributed by atoms with van der Waals surface area (Å²) >= 11 is 3.52. The lowest BCUT2D eigenvalue weighted by atomic mass is 9.93. The van der Waals surface area contributed by atoms with Crippen LogP contribution in [0.2, 0.25) is 0 Å². The molecular weight excluding hydrogens is 416 g/mol. The Morgan fingerprint density at radius 3 is 2.64 bits per heavy atom. The van der Waals surface area contributed by atoms with Crippen LogP contribution in [0, 0.1) is 5.92 Å². The first-order chi connectivity index (χ1) is 13.7. The predicted octanol–water partition coefficient (Wildman–Crippen LogP) is 3.00. The van der Waals surface area contributed by atoms with Gasteiger partial charge in [-0.1, -0.05) is 58.4 Å². The van der Waals surface area contributed by atoms with Crippen molar-refractivity contribution in [2.24, 2.45) is 5.92 Å². The first-order valence-electron chi connectivity index (χ1n) is 9.99. The van der Waals surface area contributed by atoms with Crippen molar-refractivity contribution in [3.05, 3.63) is 70.2 Å². The van der Waals surface area contributed by atoms with Gasteiger partial charge in [0.2, 0.25) is 5.91 Å². The Balaban J connectivity index is 1.29. The van der Waals surface area contributed by atoms with Gasteiger partial charge in [0.25, 0.3) is 0 Å². The molecule has 2 heterocycles. The van der Waals surface area contributed by atoms with Crippen LogP contribution in [0.25, 0.3) is 0 Å². The Kier molecular flexibility index (Phi) is 6.42. The lowest BCUT2D eigenvalue weighted by Crippen LogP contribution is -2.47. The summed E-state index contributed by atoms with van der Waals surface area (Å²) in [5, 5.41) is 3.30. The lowest BCUT2D eigenvalue weighted by Gasteiger charge is -2.33. The van der Waals surface area contributed by atoms with Gasteiger partial charge in [-0.3, -0.25) is 15.1 Å². The number of piperidine rings is 1. The van der Waals surface area contributed by atoms with Gasteiger partial charge >= 0.3 is 0 Å². The number of hydrazine groups is 1. The number of carbonyl (C=O) groups is 1. The molecule has 0 aromatic heterocycles. The maximum absolute atomic E-state index is 12.9. The van der Waals surface area contributed by atoms with E-state index in [1.54, 1.807) is 0 Å². The minimum atomic E-state index is -0.100. The number of nitrogens with one attached hydrogen (secondary N) is 3. The number of rotatable bonds is 5. The SMILES string of the molecule is O=C(NC1CCN(Cc2ccccc2)CC1)C1CNNC1c1cccc(Br)c1. The first kappa shape index (κ1) is 19.6. The van der Waals surface area contributed by atoms with Crippen LogP contribution in [-0.2, 0) is 11.3 Å². The van der Waals surface area contributed by atoms with E-state index < -0.39 is 0 Å². The topological polar surface area (TPSA) is 56.4 Å². The maximum atomic E-state index is 12.9. The average molecular weight is 443 g/mol. The number of halogens is 1. The zero-order valence-electron chi connectivity index (χ0n) is 15.9. The van der Waals surface area contributed by atoms with E-state index in [2.05, 4.69) is 79.5 Å². The monoisotopic (exact) mass is 442 g/mol. The van der Waals surface area contributed by atoms with Crippen LogP contribution in [0.3, 0.4) is 0 Å². The summed E-state index contributed by atoms with van der Waals surface area (Å²) in [4.78, 5) is 15.4. The molecule has 4 rings (SSSR count). The Labute approximate surface area is 175 Å². The summed E-state index contributed by atoms with van der Waals surface area (Å²) < 4.78 is 1.03. The van der Waals surface area contributed by atoms with Gasteiger partial charge < -0.3 is 5.32 Å². The molecule has 28 heavy (non-hydrogen) atoms. The van der Waals surface area contributed by atoms with Crippen LogP contribution in [0.5, 0.6) is 0 Å². The number of hydrogen-bond acceptors (Lipinski definition) is 4. The number of amides is 1. The molecule has 2 aromatic rings. The second-order valence-corrected chi connectivity index (χ2v) is 8.62. The van der Waals surface area contributed by atoms with Gasteiger partial charge in [-0.15, -0.1) is 0 Å². The summed E-state index contributed by atoms with van der Waals surface area (Å²) in [6, 6.07) is 19.0. The van der Waals surface area contributed by atoms with Crippen molar-refractivity contribution < 1.29 is 4.79 Å². The minimum absolute atomic E-state index is 0.00401. The van der Waals surface area contributed by atoms with Crippen LogP contribution in [0.1, 0.15) is 30.0 Å². The standard InChI is InChI=1S/C22H27BrN4O/c23-18-8-4-7-17(13-18)21-20(14-24-26-21)22(28)25-19-9-11-27(12-10-19)15-16-5-2-1-3-6-16/h1-8,13,19-21,24,26H,9-12,14-15H2,(H,25,28). The molecule has 2 unspecified atom stereocenters. The van der Waals surface area contributed by atoms with Crippen molar-refractivity contribution in [2.75, 3.05) is 19.6 Å². The fraction of sp³-hybridized carbons (Fsp3) is 0.409. The van der Waals surface area contributed by atoms with Gasteiger partial charge in [0.15, 0.2) is 0 Å². The molecular formula is C22H27BrN4O. The van der Waals surface area contributed by atoms with Crippen molar-refractivity contribution in [2.45, 2.75) is 31.5 Å². The number of likely N-dealkylation sites (tertiary alicyclic amines) is 1. The third-order valence-electron chi connectivity index (χ3n) is 5.71. The van der Waals surface area contributed by atoms with E-state index in [0.717, 1.165) is 42.5 Å². The highest BCUT2D eigenvalue weighted by Gasteiger charge is 2.35. The molecule has 2 aliphatic rings. The van der Waals surface area contributed by atoms with Crippen LogP contribution in [0.15, 0.2) is 59.1 Å². The highest BCUT2D eigenvalue weighted by Crippen LogP contribution is 2.27. The quantitative estimate of drug-likeness (QED) is 0.665. The fourth-order valence-electron chi connectivity index (χ4n) is 4.14. The Morgan fingerprint density at radius 2 is 1.89 bits per heavy atom. The molecule has 1 amide bonds. The Hall–Kier alpha value is -1.73. The molecule has 2 aliphatic heterocycles. The zero-order chi connectivity index (χ0) is 19.3. The largest absolute Gasteiger partial charge is 0.353 e. The third-order valence-corrected chi connectivity index (χ3v) is 6.20. The van der Waals surface area contributed by atoms with Gasteiger partial charge in [0.05, 0.1) is 12.0 Å². The number of hydrogen-bond donors (Lipinski definition) is 3. The van der Waals surface area contributed by atoms with Crippen molar-refractivity contribution in [1.82, 2.24) is 21.1 Å². The smallest absolute Gasteiger partial charge is 0.226 e. The summed E-state index contributed by atoms with van der Waals surface area (Å²) in [5.74, 6) is 0.0423. The highest BCUT2D eigenvalue weighted by molar-refractivity contribution is 9.10. The van der Waals surface area contributed by atoms with E-state index in [1.807, 2.05) is 12.1 Å². The van der Waals surface area contributed by atoms with Crippen LogP contribution >= 0.6 is 15.9 Å². The third kappa shape index (κ3) is 4.81. The molecule has 0 bridgehead atoms. The summed E-state index contributed by atoms with van der Waals surface area (Å²) in [5.41, 5.74) is 8.90. The average Bonchev–Trinajstić information content (AvgIpc) is 3.20. The number of carbonyl (C=O) groups excluding carboxylic acids is 1. The summed E-state index contributed by atoms with van der Waals surface area (Å²) in [6.45, 7) is 3.69. The highest BCUT2D eigenvalue weighted by atomic mass is 79.9. The van der Waals surface area contributed by atoms with E-state index in [1.165, 1.54) is 5.56 Å². The molecule has 0 saturated carbocycles. The second kappa shape index (κ2) is 9.18. The predicted molar refractivity (Wildman–Crippen MR) is 114 cm³/mol. The molecule has 6 heteroatoms. The molecule has 2 aromatic carbocycles. The van der Waals surface area contributed by atoms with Gasteiger partial charge in [-0.2, -0.15) is 0 Å². The normalized spacial score (nSPS) is 23.6. The van der Waals surface area contributed by atoms with Crippen molar-refractivity contribution >= 4 is 21.8 Å².